The number of hydrogen-bond acceptors (Lipinski definition) is 10. The van der Waals surface area contributed by atoms with Gasteiger partial charge in [-0.2, -0.15) is 0 Å². The van der Waals surface area contributed by atoms with E-state index in [9.17, 15) is 32.4 Å². The van der Waals surface area contributed by atoms with Crippen LogP contribution in [0.3, 0.4) is 0 Å². The normalized spacial score (nSPS) is 17.1. The van der Waals surface area contributed by atoms with E-state index in [0.29, 0.717) is 66.4 Å². The number of halogens is 1. The fraction of sp³-hybridized carbons (Fsp3) is 0.449. The van der Waals surface area contributed by atoms with Crippen LogP contribution < -0.4 is 10.1 Å². The number of benzene rings is 3. The van der Waals surface area contributed by atoms with E-state index in [1.807, 2.05) is 30.9 Å². The van der Waals surface area contributed by atoms with Crippen molar-refractivity contribution in [3.8, 4) is 5.75 Å². The second kappa shape index (κ2) is 19.7. The van der Waals surface area contributed by atoms with Gasteiger partial charge in [0.1, 0.15) is 17.6 Å². The van der Waals surface area contributed by atoms with Gasteiger partial charge < -0.3 is 9.64 Å². The maximum Gasteiger partial charge on any atom is 0.262 e. The number of rotatable bonds is 16. The molecule has 13 nitrogen and oxygen atoms in total. The monoisotopic (exact) mass is 909 g/mol. The number of sulfone groups is 1. The highest BCUT2D eigenvalue weighted by Gasteiger charge is 2.45. The lowest BCUT2D eigenvalue weighted by atomic mass is 9.85. The lowest BCUT2D eigenvalue weighted by Gasteiger charge is -2.33. The Morgan fingerprint density at radius 1 is 0.891 bits per heavy atom. The van der Waals surface area contributed by atoms with Crippen LogP contribution in [0.4, 0.5) is 0 Å². The Bertz CT molecular complexity index is 2590. The van der Waals surface area contributed by atoms with Crippen molar-refractivity contribution in [1.29, 1.82) is 0 Å². The lowest BCUT2D eigenvalue weighted by molar-refractivity contribution is -0.136. The predicted octanol–water partition coefficient (Wildman–Crippen LogP) is 7.50. The molecule has 2 fully saturated rings. The molecule has 0 saturated carbocycles. The molecule has 0 spiro atoms. The number of unbranched alkanes of at least 4 members (excludes halogenated alkanes) is 2. The van der Waals surface area contributed by atoms with E-state index in [4.69, 9.17) is 21.3 Å². The number of piperidine rings is 2. The van der Waals surface area contributed by atoms with Gasteiger partial charge in [0.05, 0.1) is 38.1 Å². The molecule has 0 aliphatic carbocycles. The third-order valence-electron chi connectivity index (χ3n) is 12.5. The van der Waals surface area contributed by atoms with Crippen molar-refractivity contribution < 1.29 is 37.1 Å². The molecular weight excluding hydrogens is 854 g/mol. The van der Waals surface area contributed by atoms with Crippen molar-refractivity contribution in [2.24, 2.45) is 0 Å². The summed E-state index contributed by atoms with van der Waals surface area (Å²) in [6.45, 7) is 10.7. The first-order chi connectivity index (χ1) is 30.5. The summed E-state index contributed by atoms with van der Waals surface area (Å²) >= 11 is 6.59. The highest BCUT2D eigenvalue weighted by Crippen LogP contribution is 2.37. The number of nitrogens with one attached hydrogen (secondary N) is 1. The molecule has 1 N–H and O–H groups in total. The fourth-order valence-electron chi connectivity index (χ4n) is 9.05. The third kappa shape index (κ3) is 10.1. The maximum atomic E-state index is 13.5. The number of ether oxygens (including phenoxy) is 1. The Hall–Kier alpha value is -5.47. The second-order valence-electron chi connectivity index (χ2n) is 17.6. The topological polar surface area (TPSA) is 173 Å². The van der Waals surface area contributed by atoms with Crippen molar-refractivity contribution >= 4 is 51.0 Å². The van der Waals surface area contributed by atoms with Crippen molar-refractivity contribution in [1.82, 2.24) is 25.1 Å². The summed E-state index contributed by atoms with van der Waals surface area (Å²) in [7, 11) is -3.52. The number of carbonyl (C=O) groups is 5. The molecule has 5 amide bonds. The Morgan fingerprint density at radius 2 is 1.62 bits per heavy atom. The second-order valence-corrected chi connectivity index (χ2v) is 20.5. The molecule has 7 rings (SSSR count). The van der Waals surface area contributed by atoms with Crippen LogP contribution in [0.15, 0.2) is 65.7 Å². The van der Waals surface area contributed by atoms with Crippen molar-refractivity contribution in [3.05, 3.63) is 116 Å². The average molecular weight is 911 g/mol. The first-order valence-electron chi connectivity index (χ1n) is 22.3. The molecule has 64 heavy (non-hydrogen) atoms. The van der Waals surface area contributed by atoms with Gasteiger partial charge in [-0.25, -0.2) is 18.4 Å². The molecule has 0 bridgehead atoms. The zero-order valence-electron chi connectivity index (χ0n) is 37.1. The molecule has 1 aromatic heterocycles. The number of amides is 5. The SMILES string of the molecule is Cc1cc(Cc2ncc(Cl)c(Cc3ccccc3S(=O)(=O)C(C)C)n2)c(OC(C)C)cc1C1CCN(C(=O)CCCCCc2cccc3c2C(=O)N(C2CCC(=O)NC2=O)C3=O)CC1. The van der Waals surface area contributed by atoms with Crippen LogP contribution in [0.2, 0.25) is 5.02 Å². The third-order valence-corrected chi connectivity index (χ3v) is 15.0. The van der Waals surface area contributed by atoms with Crippen LogP contribution in [-0.2, 0) is 43.5 Å². The van der Waals surface area contributed by atoms with Crippen LogP contribution in [0.5, 0.6) is 5.75 Å². The van der Waals surface area contributed by atoms with E-state index in [0.717, 1.165) is 53.0 Å². The quantitative estimate of drug-likeness (QED) is 0.0877. The smallest absolute Gasteiger partial charge is 0.262 e. The van der Waals surface area contributed by atoms with Gasteiger partial charge >= 0.3 is 0 Å². The van der Waals surface area contributed by atoms with Gasteiger partial charge in [-0.15, -0.1) is 0 Å². The summed E-state index contributed by atoms with van der Waals surface area (Å²) in [5.74, 6) is -0.378. The summed E-state index contributed by atoms with van der Waals surface area (Å²) in [6, 6.07) is 15.4. The Kier molecular flexibility index (Phi) is 14.3. The molecule has 15 heteroatoms. The van der Waals surface area contributed by atoms with Crippen molar-refractivity contribution in [3.63, 3.8) is 0 Å². The van der Waals surface area contributed by atoms with E-state index in [2.05, 4.69) is 29.4 Å². The molecule has 3 aliphatic rings. The number of carbonyl (C=O) groups excluding carboxylic acids is 5. The number of aryl methyl sites for hydroxylation is 2. The first-order valence-corrected chi connectivity index (χ1v) is 24.2. The molecule has 1 atom stereocenters. The van der Waals surface area contributed by atoms with Crippen LogP contribution in [0, 0.1) is 6.92 Å². The Labute approximate surface area is 380 Å². The maximum absolute atomic E-state index is 13.5. The van der Waals surface area contributed by atoms with Gasteiger partial charge in [0.25, 0.3) is 11.8 Å². The van der Waals surface area contributed by atoms with Crippen LogP contribution in [-0.4, -0.2) is 88.2 Å². The molecule has 3 aromatic carbocycles. The fourth-order valence-corrected chi connectivity index (χ4v) is 10.5. The summed E-state index contributed by atoms with van der Waals surface area (Å²) in [4.78, 5) is 76.8. The standard InChI is InChI=1S/C49H56ClN5O8S/c1-29(2)63-41-27-37(31(5)24-35(41)26-43-51-28-38(50)39(52-43)25-34-13-9-10-16-42(34)64(61,62)30(3)4)32-20-22-54(23-21-32)45(57)17-8-6-7-12-33-14-11-15-36-46(33)49(60)55(48(36)59)40-18-19-44(56)53-47(40)58/h9-11,13-16,24,27-30,32,40H,6-8,12,17-23,25-26H2,1-5H3,(H,53,56,58). The Balaban J connectivity index is 0.931. The number of likely N-dealkylation sites (tertiary alicyclic amines) is 1. The number of fused-ring (bicyclic) bond motifs is 1. The van der Waals surface area contributed by atoms with Crippen molar-refractivity contribution in [2.45, 2.75) is 133 Å². The lowest BCUT2D eigenvalue weighted by Crippen LogP contribution is -2.54. The zero-order chi connectivity index (χ0) is 45.9. The van der Waals surface area contributed by atoms with Crippen LogP contribution >= 0.6 is 11.6 Å². The highest BCUT2D eigenvalue weighted by molar-refractivity contribution is 7.92. The van der Waals surface area contributed by atoms with Crippen LogP contribution in [0.25, 0.3) is 0 Å². The minimum Gasteiger partial charge on any atom is -0.491 e. The summed E-state index contributed by atoms with van der Waals surface area (Å²) < 4.78 is 32.7. The molecule has 3 aliphatic heterocycles. The molecule has 4 aromatic rings. The van der Waals surface area contributed by atoms with E-state index in [1.165, 1.54) is 5.56 Å². The molecule has 2 saturated heterocycles. The first kappa shape index (κ1) is 46.5. The predicted molar refractivity (Wildman–Crippen MR) is 242 cm³/mol. The van der Waals surface area contributed by atoms with E-state index >= 15 is 0 Å². The molecule has 338 valence electrons. The molecular formula is C49H56ClN5O8S. The van der Waals surface area contributed by atoms with Gasteiger partial charge in [0.15, 0.2) is 9.84 Å². The number of aromatic nitrogens is 2. The van der Waals surface area contributed by atoms with E-state index in [-0.39, 0.29) is 47.7 Å². The summed E-state index contributed by atoms with van der Waals surface area (Å²) in [5.41, 5.74) is 5.78. The zero-order valence-corrected chi connectivity index (χ0v) is 38.7. The molecule has 0 radical (unpaired) electrons. The number of hydrogen-bond donors (Lipinski definition) is 1. The largest absolute Gasteiger partial charge is 0.491 e. The van der Waals surface area contributed by atoms with Gasteiger partial charge in [0.2, 0.25) is 17.7 Å². The summed E-state index contributed by atoms with van der Waals surface area (Å²) in [5, 5.41) is 2.03. The number of imide groups is 2. The number of nitrogens with zero attached hydrogens (tertiary/aromatic N) is 4. The van der Waals surface area contributed by atoms with Gasteiger partial charge in [-0.1, -0.05) is 54.4 Å². The van der Waals surface area contributed by atoms with Gasteiger partial charge in [0, 0.05) is 50.5 Å². The highest BCUT2D eigenvalue weighted by atomic mass is 35.5. The van der Waals surface area contributed by atoms with E-state index < -0.39 is 44.8 Å². The molecule has 1 unspecified atom stereocenters. The van der Waals surface area contributed by atoms with Crippen LogP contribution in [0.1, 0.15) is 145 Å². The average Bonchev–Trinajstić information content (AvgIpc) is 3.51. The van der Waals surface area contributed by atoms with Crippen molar-refractivity contribution in [2.75, 3.05) is 13.1 Å². The van der Waals surface area contributed by atoms with Gasteiger partial charge in [-0.3, -0.25) is 34.2 Å². The minimum absolute atomic E-state index is 0.0672. The van der Waals surface area contributed by atoms with Gasteiger partial charge in [-0.05, 0) is 120 Å². The Morgan fingerprint density at radius 3 is 2.34 bits per heavy atom. The minimum atomic E-state index is -3.52. The van der Waals surface area contributed by atoms with E-state index in [1.54, 1.807) is 50.4 Å². The molecule has 4 heterocycles. The summed E-state index contributed by atoms with van der Waals surface area (Å²) in [6.07, 6.45) is 7.14.